The largest absolute Gasteiger partial charge is 0.497 e. The molecule has 1 amide bonds. The molecule has 0 saturated heterocycles. The highest BCUT2D eigenvalue weighted by molar-refractivity contribution is 5.97. The molecule has 5 nitrogen and oxygen atoms in total. The molecule has 0 spiro atoms. The van der Waals surface area contributed by atoms with Crippen LogP contribution in [-0.2, 0) is 0 Å². The van der Waals surface area contributed by atoms with Crippen LogP contribution in [0, 0.1) is 0 Å². The Bertz CT molecular complexity index is 445. The number of methoxy groups -OCH3 is 2. The Kier molecular flexibility index (Phi) is 7.61. The predicted molar refractivity (Wildman–Crippen MR) is 84.3 cm³/mol. The molecule has 1 aromatic rings. The molecule has 0 aliphatic rings. The maximum Gasteiger partial charge on any atom is 0.255 e. The zero-order chi connectivity index (χ0) is 15.7. The van der Waals surface area contributed by atoms with Crippen molar-refractivity contribution >= 4 is 5.91 Å². The van der Waals surface area contributed by atoms with Gasteiger partial charge in [-0.05, 0) is 38.2 Å². The zero-order valence-corrected chi connectivity index (χ0v) is 13.4. The first kappa shape index (κ1) is 17.3. The summed E-state index contributed by atoms with van der Waals surface area (Å²) in [7, 11) is 3.13. The minimum absolute atomic E-state index is 0.117. The molecular weight excluding hydrogens is 268 g/mol. The van der Waals surface area contributed by atoms with Crippen LogP contribution in [0.15, 0.2) is 18.2 Å². The number of hydrogen-bond donors (Lipinski definition) is 1. The number of carbonyl (C=O) groups excluding carboxylic acids is 1. The van der Waals surface area contributed by atoms with Gasteiger partial charge >= 0.3 is 0 Å². The molecule has 1 rings (SSSR count). The van der Waals surface area contributed by atoms with Crippen molar-refractivity contribution in [1.29, 1.82) is 0 Å². The van der Waals surface area contributed by atoms with Crippen LogP contribution in [0.2, 0.25) is 0 Å². The summed E-state index contributed by atoms with van der Waals surface area (Å²) in [6.45, 7) is 8.01. The van der Waals surface area contributed by atoms with Crippen LogP contribution in [0.5, 0.6) is 11.5 Å². The third kappa shape index (κ3) is 5.27. The molecule has 0 fully saturated rings. The molecule has 0 aliphatic heterocycles. The number of carbonyl (C=O) groups is 1. The molecule has 0 radical (unpaired) electrons. The van der Waals surface area contributed by atoms with E-state index in [1.807, 2.05) is 0 Å². The van der Waals surface area contributed by atoms with E-state index >= 15 is 0 Å². The standard InChI is InChI=1S/C16H26N2O3/c1-5-18(6-2)11-7-10-17-16(19)14-9-8-13(20-3)12-15(14)21-4/h8-9,12H,5-7,10-11H2,1-4H3,(H,17,19). The summed E-state index contributed by atoms with van der Waals surface area (Å²) in [5.41, 5.74) is 0.529. The molecule has 1 aromatic carbocycles. The van der Waals surface area contributed by atoms with Gasteiger partial charge in [-0.3, -0.25) is 4.79 Å². The average molecular weight is 294 g/mol. The molecule has 0 saturated carbocycles. The van der Waals surface area contributed by atoms with Crippen molar-refractivity contribution < 1.29 is 14.3 Å². The number of benzene rings is 1. The summed E-state index contributed by atoms with van der Waals surface area (Å²) in [4.78, 5) is 14.5. The zero-order valence-electron chi connectivity index (χ0n) is 13.4. The minimum Gasteiger partial charge on any atom is -0.497 e. The van der Waals surface area contributed by atoms with Crippen LogP contribution in [0.1, 0.15) is 30.6 Å². The predicted octanol–water partition coefficient (Wildman–Crippen LogP) is 2.17. The molecule has 0 aliphatic carbocycles. The molecule has 0 unspecified atom stereocenters. The van der Waals surface area contributed by atoms with Gasteiger partial charge in [0.05, 0.1) is 19.8 Å². The maximum atomic E-state index is 12.2. The molecule has 1 N–H and O–H groups in total. The minimum atomic E-state index is -0.117. The van der Waals surface area contributed by atoms with E-state index < -0.39 is 0 Å². The van der Waals surface area contributed by atoms with Crippen LogP contribution < -0.4 is 14.8 Å². The Labute approximate surface area is 127 Å². The SMILES string of the molecule is CCN(CC)CCCNC(=O)c1ccc(OC)cc1OC. The Morgan fingerprint density at radius 2 is 1.90 bits per heavy atom. The lowest BCUT2D eigenvalue weighted by molar-refractivity contribution is 0.0948. The van der Waals surface area contributed by atoms with Gasteiger partial charge < -0.3 is 19.7 Å². The van der Waals surface area contributed by atoms with Crippen molar-refractivity contribution in [3.63, 3.8) is 0 Å². The van der Waals surface area contributed by atoms with Gasteiger partial charge in [0.2, 0.25) is 0 Å². The Balaban J connectivity index is 2.52. The van der Waals surface area contributed by atoms with Gasteiger partial charge in [0, 0.05) is 12.6 Å². The van der Waals surface area contributed by atoms with Crippen LogP contribution in [-0.4, -0.2) is 51.2 Å². The Morgan fingerprint density at radius 1 is 1.19 bits per heavy atom. The fourth-order valence-electron chi connectivity index (χ4n) is 2.13. The van der Waals surface area contributed by atoms with Crippen molar-refractivity contribution in [3.8, 4) is 11.5 Å². The summed E-state index contributed by atoms with van der Waals surface area (Å²) in [5, 5.41) is 2.93. The lowest BCUT2D eigenvalue weighted by Crippen LogP contribution is -2.30. The van der Waals surface area contributed by atoms with Gasteiger partial charge in [-0.15, -0.1) is 0 Å². The van der Waals surface area contributed by atoms with E-state index in [4.69, 9.17) is 9.47 Å². The number of hydrogen-bond acceptors (Lipinski definition) is 4. The maximum absolute atomic E-state index is 12.2. The fourth-order valence-corrected chi connectivity index (χ4v) is 2.13. The van der Waals surface area contributed by atoms with Gasteiger partial charge in [0.25, 0.3) is 5.91 Å². The quantitative estimate of drug-likeness (QED) is 0.709. The molecule has 0 heterocycles. The summed E-state index contributed by atoms with van der Waals surface area (Å²) in [5.74, 6) is 1.08. The van der Waals surface area contributed by atoms with Crippen molar-refractivity contribution in [1.82, 2.24) is 10.2 Å². The third-order valence-electron chi connectivity index (χ3n) is 3.48. The number of nitrogens with zero attached hydrogens (tertiary/aromatic N) is 1. The molecule has 0 bridgehead atoms. The van der Waals surface area contributed by atoms with Gasteiger partial charge in [-0.1, -0.05) is 13.8 Å². The van der Waals surface area contributed by atoms with Crippen molar-refractivity contribution in [2.75, 3.05) is 40.4 Å². The molecule has 21 heavy (non-hydrogen) atoms. The highest BCUT2D eigenvalue weighted by atomic mass is 16.5. The van der Waals surface area contributed by atoms with Gasteiger partial charge in [-0.2, -0.15) is 0 Å². The Hall–Kier alpha value is -1.75. The first-order valence-electron chi connectivity index (χ1n) is 7.38. The first-order valence-corrected chi connectivity index (χ1v) is 7.38. The summed E-state index contributed by atoms with van der Waals surface area (Å²) < 4.78 is 10.4. The molecule has 0 aromatic heterocycles. The van der Waals surface area contributed by atoms with Crippen molar-refractivity contribution in [2.45, 2.75) is 20.3 Å². The smallest absolute Gasteiger partial charge is 0.255 e. The number of nitrogens with one attached hydrogen (secondary N) is 1. The van der Waals surface area contributed by atoms with Crippen molar-refractivity contribution in [2.24, 2.45) is 0 Å². The number of rotatable bonds is 9. The summed E-state index contributed by atoms with van der Waals surface area (Å²) in [6, 6.07) is 5.19. The van der Waals surface area contributed by atoms with E-state index in [-0.39, 0.29) is 5.91 Å². The van der Waals surface area contributed by atoms with Crippen LogP contribution in [0.3, 0.4) is 0 Å². The van der Waals surface area contributed by atoms with E-state index in [2.05, 4.69) is 24.1 Å². The van der Waals surface area contributed by atoms with Crippen LogP contribution in [0.25, 0.3) is 0 Å². The normalized spacial score (nSPS) is 10.5. The molecule has 5 heteroatoms. The van der Waals surface area contributed by atoms with E-state index in [0.717, 1.165) is 26.1 Å². The van der Waals surface area contributed by atoms with Gasteiger partial charge in [0.1, 0.15) is 11.5 Å². The highest BCUT2D eigenvalue weighted by Crippen LogP contribution is 2.24. The lowest BCUT2D eigenvalue weighted by atomic mass is 10.1. The monoisotopic (exact) mass is 294 g/mol. The highest BCUT2D eigenvalue weighted by Gasteiger charge is 2.12. The number of amides is 1. The van der Waals surface area contributed by atoms with Gasteiger partial charge in [0.15, 0.2) is 0 Å². The second-order valence-corrected chi connectivity index (χ2v) is 4.70. The second-order valence-electron chi connectivity index (χ2n) is 4.70. The summed E-state index contributed by atoms with van der Waals surface area (Å²) in [6.07, 6.45) is 0.936. The van der Waals surface area contributed by atoms with E-state index in [1.165, 1.54) is 0 Å². The average Bonchev–Trinajstić information content (AvgIpc) is 2.54. The topological polar surface area (TPSA) is 50.8 Å². The molecular formula is C16H26N2O3. The van der Waals surface area contributed by atoms with E-state index in [1.54, 1.807) is 32.4 Å². The van der Waals surface area contributed by atoms with Crippen molar-refractivity contribution in [3.05, 3.63) is 23.8 Å². The lowest BCUT2D eigenvalue weighted by Gasteiger charge is -2.17. The molecule has 0 atom stereocenters. The fraction of sp³-hybridized carbons (Fsp3) is 0.562. The third-order valence-corrected chi connectivity index (χ3v) is 3.48. The van der Waals surface area contributed by atoms with E-state index in [9.17, 15) is 4.79 Å². The first-order chi connectivity index (χ1) is 10.2. The number of ether oxygens (including phenoxy) is 2. The molecule has 118 valence electrons. The summed E-state index contributed by atoms with van der Waals surface area (Å²) >= 11 is 0. The van der Waals surface area contributed by atoms with Crippen LogP contribution >= 0.6 is 0 Å². The van der Waals surface area contributed by atoms with E-state index in [0.29, 0.717) is 23.6 Å². The van der Waals surface area contributed by atoms with Crippen LogP contribution in [0.4, 0.5) is 0 Å². The van der Waals surface area contributed by atoms with Gasteiger partial charge in [-0.25, -0.2) is 0 Å². The Morgan fingerprint density at radius 3 is 2.48 bits per heavy atom. The second kappa shape index (κ2) is 9.23.